The number of rotatable bonds is 3. The van der Waals surface area contributed by atoms with E-state index in [-0.39, 0.29) is 18.0 Å². The molecule has 1 heterocycles. The average Bonchev–Trinajstić information content (AvgIpc) is 2.31. The normalized spacial score (nSPS) is 10.2. The maximum Gasteiger partial charge on any atom is 0.146 e. The summed E-state index contributed by atoms with van der Waals surface area (Å²) in [5.74, 6) is -0.107. The van der Waals surface area contributed by atoms with E-state index in [0.29, 0.717) is 11.3 Å². The molecule has 2 aromatic rings. The zero-order valence-electron chi connectivity index (χ0n) is 8.93. The van der Waals surface area contributed by atoms with Crippen LogP contribution in [0.2, 0.25) is 0 Å². The Bertz CT molecular complexity index is 532. The van der Waals surface area contributed by atoms with Gasteiger partial charge in [-0.2, -0.15) is 0 Å². The van der Waals surface area contributed by atoms with E-state index in [1.807, 2.05) is 0 Å². The number of nitrogen functional groups attached to an aromatic ring is 1. The predicted octanol–water partition coefficient (Wildman–Crippen LogP) is 2.09. The molecule has 0 fully saturated rings. The summed E-state index contributed by atoms with van der Waals surface area (Å²) < 4.78 is 18.2. The first-order valence-corrected chi connectivity index (χ1v) is 4.96. The van der Waals surface area contributed by atoms with E-state index in [4.69, 9.17) is 10.5 Å². The number of pyridine rings is 1. The number of nitrogens with two attached hydrogens (primary N) is 1. The molecule has 0 aliphatic carbocycles. The van der Waals surface area contributed by atoms with Crippen LogP contribution in [0.25, 0.3) is 0 Å². The Balaban J connectivity index is 2.10. The SMILES string of the molecule is Nc1c(O)cccc1OCc1cncc(F)c1. The van der Waals surface area contributed by atoms with Gasteiger partial charge < -0.3 is 15.6 Å². The number of nitrogens with zero attached hydrogens (tertiary/aromatic N) is 1. The molecule has 0 saturated carbocycles. The number of phenols is 1. The summed E-state index contributed by atoms with van der Waals surface area (Å²) in [5, 5.41) is 9.36. The molecule has 0 spiro atoms. The fraction of sp³-hybridized carbons (Fsp3) is 0.0833. The van der Waals surface area contributed by atoms with Crippen molar-refractivity contribution >= 4 is 5.69 Å². The van der Waals surface area contributed by atoms with Crippen molar-refractivity contribution < 1.29 is 14.2 Å². The molecule has 2 rings (SSSR count). The maximum absolute atomic E-state index is 12.9. The second kappa shape index (κ2) is 4.69. The fourth-order valence-corrected chi connectivity index (χ4v) is 1.35. The molecule has 3 N–H and O–H groups in total. The average molecular weight is 234 g/mol. The Morgan fingerprint density at radius 3 is 2.94 bits per heavy atom. The second-order valence-electron chi connectivity index (χ2n) is 3.49. The van der Waals surface area contributed by atoms with Gasteiger partial charge in [0.05, 0.1) is 6.20 Å². The summed E-state index contributed by atoms with van der Waals surface area (Å²) in [6.07, 6.45) is 2.62. The third-order valence-corrected chi connectivity index (χ3v) is 2.20. The van der Waals surface area contributed by atoms with Gasteiger partial charge in [0.25, 0.3) is 0 Å². The molecule has 0 atom stereocenters. The summed E-state index contributed by atoms with van der Waals surface area (Å²) in [6.45, 7) is 0.137. The van der Waals surface area contributed by atoms with Gasteiger partial charge in [0, 0.05) is 11.8 Å². The summed E-state index contributed by atoms with van der Waals surface area (Å²) in [7, 11) is 0. The largest absolute Gasteiger partial charge is 0.506 e. The third-order valence-electron chi connectivity index (χ3n) is 2.20. The Morgan fingerprint density at radius 2 is 2.18 bits per heavy atom. The van der Waals surface area contributed by atoms with Gasteiger partial charge in [0.2, 0.25) is 0 Å². The first kappa shape index (κ1) is 11.2. The quantitative estimate of drug-likeness (QED) is 0.630. The zero-order valence-corrected chi connectivity index (χ0v) is 8.93. The minimum atomic E-state index is -0.421. The molecule has 5 heteroatoms. The lowest BCUT2D eigenvalue weighted by Gasteiger charge is -2.09. The van der Waals surface area contributed by atoms with Crippen molar-refractivity contribution in [1.29, 1.82) is 0 Å². The van der Waals surface area contributed by atoms with Crippen LogP contribution in [-0.2, 0) is 6.61 Å². The number of anilines is 1. The van der Waals surface area contributed by atoms with Crippen LogP contribution in [0, 0.1) is 5.82 Å². The molecule has 0 bridgehead atoms. The van der Waals surface area contributed by atoms with Crippen LogP contribution in [0.3, 0.4) is 0 Å². The number of aromatic hydroxyl groups is 1. The van der Waals surface area contributed by atoms with Gasteiger partial charge in [-0.15, -0.1) is 0 Å². The Morgan fingerprint density at radius 1 is 1.35 bits per heavy atom. The summed E-state index contributed by atoms with van der Waals surface area (Å²) in [6, 6.07) is 6.03. The molecule has 0 amide bonds. The first-order valence-electron chi connectivity index (χ1n) is 4.96. The summed E-state index contributed by atoms with van der Waals surface area (Å²) in [5.41, 5.74) is 6.37. The number of para-hydroxylation sites is 1. The van der Waals surface area contributed by atoms with E-state index in [1.165, 1.54) is 18.3 Å². The molecule has 0 radical (unpaired) electrons. The Labute approximate surface area is 97.5 Å². The molecule has 4 nitrogen and oxygen atoms in total. The van der Waals surface area contributed by atoms with Crippen molar-refractivity contribution in [1.82, 2.24) is 4.98 Å². The van der Waals surface area contributed by atoms with Crippen molar-refractivity contribution in [2.75, 3.05) is 5.73 Å². The van der Waals surface area contributed by atoms with E-state index in [2.05, 4.69) is 4.98 Å². The standard InChI is InChI=1S/C12H11FN2O2/c13-9-4-8(5-15-6-9)7-17-11-3-1-2-10(16)12(11)14/h1-6,16H,7,14H2. The van der Waals surface area contributed by atoms with Crippen molar-refractivity contribution in [2.45, 2.75) is 6.61 Å². The highest BCUT2D eigenvalue weighted by Crippen LogP contribution is 2.30. The highest BCUT2D eigenvalue weighted by Gasteiger charge is 2.05. The van der Waals surface area contributed by atoms with Crippen LogP contribution in [0.15, 0.2) is 36.7 Å². The van der Waals surface area contributed by atoms with Gasteiger partial charge in [-0.05, 0) is 18.2 Å². The molecule has 1 aromatic carbocycles. The van der Waals surface area contributed by atoms with Gasteiger partial charge in [-0.3, -0.25) is 4.98 Å². The van der Waals surface area contributed by atoms with Crippen molar-refractivity contribution in [2.24, 2.45) is 0 Å². The number of halogens is 1. The lowest BCUT2D eigenvalue weighted by Crippen LogP contribution is -1.99. The van der Waals surface area contributed by atoms with E-state index in [0.717, 1.165) is 6.20 Å². The van der Waals surface area contributed by atoms with Gasteiger partial charge in [-0.1, -0.05) is 6.07 Å². The van der Waals surface area contributed by atoms with E-state index >= 15 is 0 Å². The molecule has 0 aliphatic rings. The van der Waals surface area contributed by atoms with Crippen molar-refractivity contribution in [3.8, 4) is 11.5 Å². The molecular formula is C12H11FN2O2. The molecule has 0 saturated heterocycles. The monoisotopic (exact) mass is 234 g/mol. The number of phenolic OH excluding ortho intramolecular Hbond substituents is 1. The zero-order chi connectivity index (χ0) is 12.3. The van der Waals surface area contributed by atoms with Crippen LogP contribution in [-0.4, -0.2) is 10.1 Å². The van der Waals surface area contributed by atoms with E-state index < -0.39 is 5.82 Å². The number of benzene rings is 1. The van der Waals surface area contributed by atoms with E-state index in [1.54, 1.807) is 12.1 Å². The second-order valence-corrected chi connectivity index (χ2v) is 3.49. The van der Waals surface area contributed by atoms with Crippen LogP contribution < -0.4 is 10.5 Å². The molecule has 1 aromatic heterocycles. The smallest absolute Gasteiger partial charge is 0.146 e. The molecule has 88 valence electrons. The molecule has 17 heavy (non-hydrogen) atoms. The summed E-state index contributed by atoms with van der Waals surface area (Å²) in [4.78, 5) is 3.70. The molecule has 0 aliphatic heterocycles. The Kier molecular flexibility index (Phi) is 3.09. The number of ether oxygens (including phenoxy) is 1. The third kappa shape index (κ3) is 2.63. The maximum atomic E-state index is 12.9. The van der Waals surface area contributed by atoms with Gasteiger partial charge in [0.1, 0.15) is 29.6 Å². The van der Waals surface area contributed by atoms with Crippen LogP contribution >= 0.6 is 0 Å². The first-order chi connectivity index (χ1) is 8.16. The Hall–Kier alpha value is -2.30. The minimum absolute atomic E-state index is 0.0418. The predicted molar refractivity (Wildman–Crippen MR) is 61.0 cm³/mol. The summed E-state index contributed by atoms with van der Waals surface area (Å²) >= 11 is 0. The van der Waals surface area contributed by atoms with Crippen LogP contribution in [0.1, 0.15) is 5.56 Å². The lowest BCUT2D eigenvalue weighted by atomic mass is 10.2. The number of hydrogen-bond donors (Lipinski definition) is 2. The minimum Gasteiger partial charge on any atom is -0.506 e. The highest BCUT2D eigenvalue weighted by atomic mass is 19.1. The van der Waals surface area contributed by atoms with E-state index in [9.17, 15) is 9.50 Å². The van der Waals surface area contributed by atoms with Crippen molar-refractivity contribution in [3.05, 3.63) is 48.0 Å². The lowest BCUT2D eigenvalue weighted by molar-refractivity contribution is 0.305. The van der Waals surface area contributed by atoms with Crippen LogP contribution in [0.4, 0.5) is 10.1 Å². The molecular weight excluding hydrogens is 223 g/mol. The topological polar surface area (TPSA) is 68.4 Å². The highest BCUT2D eigenvalue weighted by molar-refractivity contribution is 5.61. The van der Waals surface area contributed by atoms with Crippen molar-refractivity contribution in [3.63, 3.8) is 0 Å². The number of aromatic nitrogens is 1. The van der Waals surface area contributed by atoms with Gasteiger partial charge in [0.15, 0.2) is 0 Å². The van der Waals surface area contributed by atoms with Gasteiger partial charge >= 0.3 is 0 Å². The number of hydrogen-bond acceptors (Lipinski definition) is 4. The van der Waals surface area contributed by atoms with Gasteiger partial charge in [-0.25, -0.2) is 4.39 Å². The molecule has 0 unspecified atom stereocenters. The fourth-order valence-electron chi connectivity index (χ4n) is 1.35. The van der Waals surface area contributed by atoms with Crippen LogP contribution in [0.5, 0.6) is 11.5 Å².